The van der Waals surface area contributed by atoms with Crippen LogP contribution in [0.15, 0.2) is 133 Å². The molecular weight excluding hydrogens is 697 g/mol. The van der Waals surface area contributed by atoms with E-state index in [0.29, 0.717) is 74.5 Å². The second-order valence-electron chi connectivity index (χ2n) is 12.2. The van der Waals surface area contributed by atoms with Crippen LogP contribution in [-0.2, 0) is 16.0 Å². The average Bonchev–Trinajstić information content (AvgIpc) is 3.22. The number of carbonyl (C=O) groups is 2. The van der Waals surface area contributed by atoms with E-state index >= 15 is 0 Å². The molecule has 280 valence electrons. The first-order chi connectivity index (χ1) is 27.0. The maximum atomic E-state index is 12.9. The fourth-order valence-electron chi connectivity index (χ4n) is 5.29. The van der Waals surface area contributed by atoms with E-state index in [9.17, 15) is 14.7 Å². The van der Waals surface area contributed by atoms with Crippen LogP contribution in [0.3, 0.4) is 0 Å². The summed E-state index contributed by atoms with van der Waals surface area (Å²) in [6, 6.07) is 40.8. The zero-order chi connectivity index (χ0) is 38.1. The molecule has 0 radical (unpaired) electrons. The van der Waals surface area contributed by atoms with Crippen molar-refractivity contribution < 1.29 is 24.2 Å². The van der Waals surface area contributed by atoms with E-state index in [2.05, 4.69) is 65.8 Å². The summed E-state index contributed by atoms with van der Waals surface area (Å²) in [5.41, 5.74) is 5.73. The van der Waals surface area contributed by atoms with E-state index in [-0.39, 0.29) is 29.5 Å². The Labute approximate surface area is 319 Å². The zero-order valence-corrected chi connectivity index (χ0v) is 30.1. The van der Waals surface area contributed by atoms with E-state index in [4.69, 9.17) is 9.47 Å². The first-order valence-electron chi connectivity index (χ1n) is 17.8. The van der Waals surface area contributed by atoms with Crippen LogP contribution in [0.1, 0.15) is 26.3 Å². The molecule has 0 bridgehead atoms. The number of hydrogen-bond donors (Lipinski definition) is 6. The molecule has 13 nitrogen and oxygen atoms in total. The van der Waals surface area contributed by atoms with Crippen molar-refractivity contribution in [2.75, 3.05) is 55.5 Å². The molecule has 0 spiro atoms. The molecular formula is C42H42N8O5. The number of amides is 2. The van der Waals surface area contributed by atoms with Crippen LogP contribution in [0.5, 0.6) is 5.75 Å². The molecule has 0 unspecified atom stereocenters. The lowest BCUT2D eigenvalue weighted by atomic mass is 10.0. The van der Waals surface area contributed by atoms with Gasteiger partial charge in [-0.2, -0.15) is 15.0 Å². The van der Waals surface area contributed by atoms with E-state index in [0.717, 1.165) is 16.7 Å². The minimum absolute atomic E-state index is 0.139. The SMILES string of the molecule is O=C(NCCOCCOCCNc1nc(Nc2ccc(O)cc2)nc(Nc2ccc(C(=O)NCc3ccc(-c4ccccc4)cc3)cc2)n1)c1ccccc1. The molecule has 6 rings (SSSR count). The molecule has 0 aliphatic carbocycles. The highest BCUT2D eigenvalue weighted by atomic mass is 16.5. The molecule has 0 aliphatic heterocycles. The Morgan fingerprint density at radius 2 is 1.02 bits per heavy atom. The highest BCUT2D eigenvalue weighted by molar-refractivity contribution is 5.94. The Morgan fingerprint density at radius 1 is 0.509 bits per heavy atom. The molecule has 1 heterocycles. The minimum atomic E-state index is -0.188. The molecule has 0 aliphatic rings. The summed E-state index contributed by atoms with van der Waals surface area (Å²) < 4.78 is 11.2. The monoisotopic (exact) mass is 738 g/mol. The molecule has 1 aromatic heterocycles. The van der Waals surface area contributed by atoms with Gasteiger partial charge in [-0.1, -0.05) is 72.8 Å². The number of phenols is 1. The largest absolute Gasteiger partial charge is 0.508 e. The van der Waals surface area contributed by atoms with Crippen LogP contribution in [0, 0.1) is 0 Å². The zero-order valence-electron chi connectivity index (χ0n) is 30.1. The lowest BCUT2D eigenvalue weighted by molar-refractivity contribution is 0.0519. The molecule has 0 atom stereocenters. The maximum Gasteiger partial charge on any atom is 0.251 e. The predicted octanol–water partition coefficient (Wildman–Crippen LogP) is 6.54. The number of rotatable bonds is 19. The molecule has 13 heteroatoms. The number of ether oxygens (including phenoxy) is 2. The smallest absolute Gasteiger partial charge is 0.251 e. The summed E-state index contributed by atoms with van der Waals surface area (Å²) in [5, 5.41) is 25.0. The van der Waals surface area contributed by atoms with Gasteiger partial charge in [0.2, 0.25) is 17.8 Å². The van der Waals surface area contributed by atoms with Crippen LogP contribution >= 0.6 is 0 Å². The summed E-state index contributed by atoms with van der Waals surface area (Å²) in [6.45, 7) is 2.71. The lowest BCUT2D eigenvalue weighted by Gasteiger charge is -2.12. The third-order valence-electron chi connectivity index (χ3n) is 8.15. The second-order valence-corrected chi connectivity index (χ2v) is 12.2. The summed E-state index contributed by atoms with van der Waals surface area (Å²) >= 11 is 0. The van der Waals surface area contributed by atoms with Gasteiger partial charge < -0.3 is 41.2 Å². The summed E-state index contributed by atoms with van der Waals surface area (Å²) in [6.07, 6.45) is 0. The van der Waals surface area contributed by atoms with E-state index in [1.165, 1.54) is 0 Å². The Hall–Kier alpha value is -6.83. The van der Waals surface area contributed by atoms with Gasteiger partial charge in [0.25, 0.3) is 11.8 Å². The summed E-state index contributed by atoms with van der Waals surface area (Å²) in [7, 11) is 0. The Morgan fingerprint density at radius 3 is 1.65 bits per heavy atom. The molecule has 2 amide bonds. The molecule has 5 aromatic carbocycles. The van der Waals surface area contributed by atoms with Crippen molar-refractivity contribution in [3.05, 3.63) is 150 Å². The standard InChI is InChI=1S/C42H42N8O5/c51-37-21-19-36(20-22-37)47-42-49-40(44-24-26-55-28-27-54-25-23-43-38(52)33-9-5-2-6-10-33)48-41(50-42)46-35-17-15-34(16-18-35)39(53)45-29-30-11-13-32(14-12-30)31-7-3-1-4-8-31/h1-22,51H,23-29H2,(H,43,52)(H,45,53)(H3,44,46,47,48,49,50). The first kappa shape index (κ1) is 37.9. The fraction of sp³-hybridized carbons (Fsp3) is 0.167. The van der Waals surface area contributed by atoms with Crippen LogP contribution < -0.4 is 26.6 Å². The van der Waals surface area contributed by atoms with E-state index in [1.54, 1.807) is 60.7 Å². The first-order valence-corrected chi connectivity index (χ1v) is 17.8. The van der Waals surface area contributed by atoms with Crippen LogP contribution in [0.2, 0.25) is 0 Å². The molecule has 0 saturated carbocycles. The van der Waals surface area contributed by atoms with Gasteiger partial charge in [0.05, 0.1) is 26.4 Å². The molecule has 55 heavy (non-hydrogen) atoms. The molecule has 0 saturated heterocycles. The quantitative estimate of drug-likeness (QED) is 0.0394. The highest BCUT2D eigenvalue weighted by Gasteiger charge is 2.10. The van der Waals surface area contributed by atoms with Gasteiger partial charge in [0, 0.05) is 42.1 Å². The van der Waals surface area contributed by atoms with Crippen molar-refractivity contribution in [3.63, 3.8) is 0 Å². The number of anilines is 5. The third kappa shape index (κ3) is 12.1. The van der Waals surface area contributed by atoms with Crippen molar-refractivity contribution in [1.29, 1.82) is 0 Å². The summed E-state index contributed by atoms with van der Waals surface area (Å²) in [5.74, 6) is 0.657. The minimum Gasteiger partial charge on any atom is -0.508 e. The third-order valence-corrected chi connectivity index (χ3v) is 8.15. The molecule has 0 fully saturated rings. The van der Waals surface area contributed by atoms with Gasteiger partial charge in [-0.3, -0.25) is 9.59 Å². The van der Waals surface area contributed by atoms with Crippen molar-refractivity contribution in [3.8, 4) is 16.9 Å². The van der Waals surface area contributed by atoms with Gasteiger partial charge >= 0.3 is 0 Å². The van der Waals surface area contributed by atoms with Gasteiger partial charge in [0.1, 0.15) is 5.75 Å². The van der Waals surface area contributed by atoms with Gasteiger partial charge in [-0.25, -0.2) is 0 Å². The Kier molecular flexibility index (Phi) is 13.7. The fourth-order valence-corrected chi connectivity index (χ4v) is 5.29. The molecule has 6 aromatic rings. The van der Waals surface area contributed by atoms with Crippen molar-refractivity contribution >= 4 is 41.0 Å². The van der Waals surface area contributed by atoms with E-state index < -0.39 is 0 Å². The number of nitrogens with one attached hydrogen (secondary N) is 5. The molecule has 6 N–H and O–H groups in total. The average molecular weight is 739 g/mol. The Balaban J connectivity index is 0.969. The van der Waals surface area contributed by atoms with Gasteiger partial charge in [0.15, 0.2) is 0 Å². The van der Waals surface area contributed by atoms with Crippen LogP contribution in [0.25, 0.3) is 11.1 Å². The topological polar surface area (TPSA) is 172 Å². The maximum absolute atomic E-state index is 12.9. The van der Waals surface area contributed by atoms with E-state index in [1.807, 2.05) is 48.5 Å². The van der Waals surface area contributed by atoms with Crippen molar-refractivity contribution in [1.82, 2.24) is 25.6 Å². The summed E-state index contributed by atoms with van der Waals surface area (Å²) in [4.78, 5) is 38.5. The number of hydrogen-bond acceptors (Lipinski definition) is 11. The number of nitrogens with zero attached hydrogens (tertiary/aromatic N) is 3. The van der Waals surface area contributed by atoms with Gasteiger partial charge in [-0.05, 0) is 77.4 Å². The highest BCUT2D eigenvalue weighted by Crippen LogP contribution is 2.22. The van der Waals surface area contributed by atoms with Crippen LogP contribution in [0.4, 0.5) is 29.2 Å². The number of benzene rings is 5. The number of phenolic OH excluding ortho intramolecular Hbond substituents is 1. The second kappa shape index (κ2) is 19.9. The van der Waals surface area contributed by atoms with Gasteiger partial charge in [-0.15, -0.1) is 0 Å². The van der Waals surface area contributed by atoms with Crippen molar-refractivity contribution in [2.24, 2.45) is 0 Å². The lowest BCUT2D eigenvalue weighted by Crippen LogP contribution is -2.27. The number of aromatic hydroxyl groups is 1. The number of aromatic nitrogens is 3. The van der Waals surface area contributed by atoms with Crippen molar-refractivity contribution in [2.45, 2.75) is 6.54 Å². The van der Waals surface area contributed by atoms with Crippen LogP contribution in [-0.4, -0.2) is 71.4 Å². The normalized spacial score (nSPS) is 10.7. The Bertz CT molecular complexity index is 2100. The predicted molar refractivity (Wildman–Crippen MR) is 213 cm³/mol. The number of carbonyl (C=O) groups excluding carboxylic acids is 2.